The third kappa shape index (κ3) is 4.20. The zero-order valence-electron chi connectivity index (χ0n) is 11.4. The van der Waals surface area contributed by atoms with E-state index in [2.05, 4.69) is 15.5 Å². The summed E-state index contributed by atoms with van der Waals surface area (Å²) >= 11 is 5.79. The Morgan fingerprint density at radius 3 is 2.68 bits per heavy atom. The minimum atomic E-state index is -4.51. The van der Waals surface area contributed by atoms with E-state index < -0.39 is 17.6 Å². The van der Waals surface area contributed by atoms with Crippen LogP contribution in [0.2, 0.25) is 5.02 Å². The topological polar surface area (TPSA) is 68.0 Å². The molecule has 0 saturated carbocycles. The Labute approximate surface area is 128 Å². The molecule has 0 radical (unpaired) electrons. The van der Waals surface area contributed by atoms with Gasteiger partial charge in [-0.3, -0.25) is 4.79 Å². The van der Waals surface area contributed by atoms with Crippen molar-refractivity contribution in [2.45, 2.75) is 25.9 Å². The first-order chi connectivity index (χ1) is 10.3. The van der Waals surface area contributed by atoms with Crippen molar-refractivity contribution in [1.82, 2.24) is 10.2 Å². The highest BCUT2D eigenvalue weighted by Gasteiger charge is 2.31. The van der Waals surface area contributed by atoms with Gasteiger partial charge in [-0.15, -0.1) is 10.2 Å². The van der Waals surface area contributed by atoms with Crippen LogP contribution >= 0.6 is 11.6 Å². The number of aryl methyl sites for hydroxylation is 2. The van der Waals surface area contributed by atoms with Crippen LogP contribution in [-0.4, -0.2) is 16.1 Å². The number of rotatable bonds is 4. The van der Waals surface area contributed by atoms with Gasteiger partial charge < -0.3 is 9.73 Å². The molecule has 1 amide bonds. The minimum absolute atomic E-state index is 0.0196. The maximum Gasteiger partial charge on any atom is 0.416 e. The Morgan fingerprint density at radius 2 is 2.09 bits per heavy atom. The average Bonchev–Trinajstić information content (AvgIpc) is 2.83. The zero-order chi connectivity index (χ0) is 16.3. The Hall–Kier alpha value is -2.09. The Bertz CT molecular complexity index is 685. The molecule has 1 aromatic heterocycles. The standard InChI is InChI=1S/C13H11ClF3N3O2/c1-7-19-20-12(22-7)5-4-11(21)18-10-6-8(13(15,16)17)2-3-9(10)14/h2-3,6H,4-5H2,1H3,(H,18,21). The first-order valence-electron chi connectivity index (χ1n) is 6.21. The number of carbonyl (C=O) groups excluding carboxylic acids is 1. The molecule has 0 fully saturated rings. The van der Waals surface area contributed by atoms with Crippen molar-refractivity contribution >= 4 is 23.2 Å². The number of alkyl halides is 3. The van der Waals surface area contributed by atoms with E-state index in [1.54, 1.807) is 6.92 Å². The van der Waals surface area contributed by atoms with E-state index in [1.165, 1.54) is 0 Å². The minimum Gasteiger partial charge on any atom is -0.426 e. The van der Waals surface area contributed by atoms with Crippen molar-refractivity contribution in [3.05, 3.63) is 40.6 Å². The quantitative estimate of drug-likeness (QED) is 0.927. The maximum absolute atomic E-state index is 12.6. The van der Waals surface area contributed by atoms with Crippen molar-refractivity contribution in [2.75, 3.05) is 5.32 Å². The van der Waals surface area contributed by atoms with Crippen LogP contribution in [0.25, 0.3) is 0 Å². The fraction of sp³-hybridized carbons (Fsp3) is 0.308. The summed E-state index contributed by atoms with van der Waals surface area (Å²) in [7, 11) is 0. The normalized spacial score (nSPS) is 11.5. The van der Waals surface area contributed by atoms with Crippen LogP contribution in [0.5, 0.6) is 0 Å². The van der Waals surface area contributed by atoms with Crippen molar-refractivity contribution in [3.63, 3.8) is 0 Å². The molecule has 1 N–H and O–H groups in total. The summed E-state index contributed by atoms with van der Waals surface area (Å²) in [6, 6.07) is 2.72. The predicted molar refractivity (Wildman–Crippen MR) is 72.4 cm³/mol. The monoisotopic (exact) mass is 333 g/mol. The van der Waals surface area contributed by atoms with E-state index in [0.717, 1.165) is 18.2 Å². The number of carbonyl (C=O) groups is 1. The van der Waals surface area contributed by atoms with Crippen molar-refractivity contribution in [1.29, 1.82) is 0 Å². The van der Waals surface area contributed by atoms with Crippen LogP contribution in [0.15, 0.2) is 22.6 Å². The molecule has 0 bridgehead atoms. The van der Waals surface area contributed by atoms with Crippen LogP contribution in [0, 0.1) is 6.92 Å². The molecule has 9 heteroatoms. The summed E-state index contributed by atoms with van der Waals surface area (Å²) in [5, 5.41) is 9.69. The highest BCUT2D eigenvalue weighted by molar-refractivity contribution is 6.33. The van der Waals surface area contributed by atoms with Gasteiger partial charge in [-0.25, -0.2) is 0 Å². The van der Waals surface area contributed by atoms with E-state index in [9.17, 15) is 18.0 Å². The smallest absolute Gasteiger partial charge is 0.416 e. The van der Waals surface area contributed by atoms with Gasteiger partial charge in [-0.2, -0.15) is 13.2 Å². The van der Waals surface area contributed by atoms with E-state index in [4.69, 9.17) is 16.0 Å². The number of halogens is 4. The fourth-order valence-electron chi connectivity index (χ4n) is 1.67. The molecule has 0 aliphatic heterocycles. The van der Waals surface area contributed by atoms with Crippen molar-refractivity contribution in [2.24, 2.45) is 0 Å². The molecular formula is C13H11ClF3N3O2. The Balaban J connectivity index is 2.01. The molecule has 5 nitrogen and oxygen atoms in total. The summed E-state index contributed by atoms with van der Waals surface area (Å²) in [5.74, 6) is 0.149. The molecule has 1 heterocycles. The van der Waals surface area contributed by atoms with Gasteiger partial charge in [0.25, 0.3) is 0 Å². The molecule has 0 saturated heterocycles. The van der Waals surface area contributed by atoms with Gasteiger partial charge in [0.2, 0.25) is 17.7 Å². The highest BCUT2D eigenvalue weighted by atomic mass is 35.5. The average molecular weight is 334 g/mol. The van der Waals surface area contributed by atoms with Gasteiger partial charge >= 0.3 is 6.18 Å². The van der Waals surface area contributed by atoms with Crippen molar-refractivity contribution in [3.8, 4) is 0 Å². The molecule has 2 rings (SSSR count). The van der Waals surface area contributed by atoms with Gasteiger partial charge in [-0.1, -0.05) is 11.6 Å². The largest absolute Gasteiger partial charge is 0.426 e. The van der Waals surface area contributed by atoms with E-state index in [0.29, 0.717) is 5.89 Å². The summed E-state index contributed by atoms with van der Waals surface area (Å²) in [6.07, 6.45) is -4.34. The molecule has 0 unspecified atom stereocenters. The number of anilines is 1. The first kappa shape index (κ1) is 16.3. The highest BCUT2D eigenvalue weighted by Crippen LogP contribution is 2.33. The van der Waals surface area contributed by atoms with Gasteiger partial charge in [-0.05, 0) is 18.2 Å². The van der Waals surface area contributed by atoms with Gasteiger partial charge in [0.15, 0.2) is 0 Å². The lowest BCUT2D eigenvalue weighted by Crippen LogP contribution is -2.14. The SMILES string of the molecule is Cc1nnc(CCC(=O)Nc2cc(C(F)(F)F)ccc2Cl)o1. The number of benzene rings is 1. The van der Waals surface area contributed by atoms with Crippen LogP contribution in [0.1, 0.15) is 23.8 Å². The first-order valence-corrected chi connectivity index (χ1v) is 6.59. The van der Waals surface area contributed by atoms with Crippen LogP contribution in [-0.2, 0) is 17.4 Å². The van der Waals surface area contributed by atoms with E-state index in [1.807, 2.05) is 0 Å². The van der Waals surface area contributed by atoms with E-state index >= 15 is 0 Å². The summed E-state index contributed by atoms with van der Waals surface area (Å²) in [5.41, 5.74) is -0.983. The lowest BCUT2D eigenvalue weighted by molar-refractivity contribution is -0.137. The summed E-state index contributed by atoms with van der Waals surface area (Å²) in [4.78, 5) is 11.8. The second kappa shape index (κ2) is 6.35. The fourth-order valence-corrected chi connectivity index (χ4v) is 1.83. The number of amides is 1. The molecule has 1 aromatic carbocycles. The summed E-state index contributed by atoms with van der Waals surface area (Å²) in [6.45, 7) is 1.61. The summed E-state index contributed by atoms with van der Waals surface area (Å²) < 4.78 is 43.0. The van der Waals surface area contributed by atoms with Gasteiger partial charge in [0.1, 0.15) is 0 Å². The van der Waals surface area contributed by atoms with Gasteiger partial charge in [0, 0.05) is 19.8 Å². The third-order valence-electron chi connectivity index (χ3n) is 2.70. The molecule has 0 spiro atoms. The number of hydrogen-bond acceptors (Lipinski definition) is 4. The third-order valence-corrected chi connectivity index (χ3v) is 3.03. The Morgan fingerprint density at radius 1 is 1.36 bits per heavy atom. The van der Waals surface area contributed by atoms with Gasteiger partial charge in [0.05, 0.1) is 16.3 Å². The molecular weight excluding hydrogens is 323 g/mol. The number of hydrogen-bond donors (Lipinski definition) is 1. The molecule has 0 aliphatic rings. The molecule has 22 heavy (non-hydrogen) atoms. The lowest BCUT2D eigenvalue weighted by Gasteiger charge is -2.11. The lowest BCUT2D eigenvalue weighted by atomic mass is 10.2. The number of nitrogens with zero attached hydrogens (tertiary/aromatic N) is 2. The molecule has 0 aliphatic carbocycles. The number of nitrogens with one attached hydrogen (secondary N) is 1. The van der Waals surface area contributed by atoms with E-state index in [-0.39, 0.29) is 29.4 Å². The number of aromatic nitrogens is 2. The second-order valence-corrected chi connectivity index (χ2v) is 4.86. The van der Waals surface area contributed by atoms with Crippen LogP contribution < -0.4 is 5.32 Å². The molecule has 0 atom stereocenters. The van der Waals surface area contributed by atoms with Crippen LogP contribution in [0.4, 0.5) is 18.9 Å². The van der Waals surface area contributed by atoms with Crippen molar-refractivity contribution < 1.29 is 22.4 Å². The zero-order valence-corrected chi connectivity index (χ0v) is 12.1. The second-order valence-electron chi connectivity index (χ2n) is 4.46. The maximum atomic E-state index is 12.6. The molecule has 118 valence electrons. The predicted octanol–water partition coefficient (Wildman–Crippen LogP) is 3.62. The molecule has 2 aromatic rings. The Kier molecular flexibility index (Phi) is 4.70. The van der Waals surface area contributed by atoms with Crippen LogP contribution in [0.3, 0.4) is 0 Å².